The Labute approximate surface area is 98.2 Å². The van der Waals surface area contributed by atoms with Crippen LogP contribution in [0.4, 0.5) is 0 Å². The van der Waals surface area contributed by atoms with E-state index in [0.29, 0.717) is 23.5 Å². The van der Waals surface area contributed by atoms with Crippen molar-refractivity contribution in [3.8, 4) is 0 Å². The number of rotatable bonds is 5. The molecule has 4 atom stereocenters. The van der Waals surface area contributed by atoms with Gasteiger partial charge < -0.3 is 4.84 Å². The zero-order valence-corrected chi connectivity index (χ0v) is 10.8. The van der Waals surface area contributed by atoms with E-state index in [2.05, 4.69) is 30.8 Å². The van der Waals surface area contributed by atoms with E-state index in [-0.39, 0.29) is 5.92 Å². The molecule has 0 amide bonds. The van der Waals surface area contributed by atoms with Crippen LogP contribution in [-0.2, 0) is 9.63 Å². The SMILES string of the molecule is CO/N=C\C[C@@H](C)C(C)[C@H]1C(=O)CCC1C. The smallest absolute Gasteiger partial charge is 0.136 e. The van der Waals surface area contributed by atoms with Crippen molar-refractivity contribution in [2.45, 2.75) is 40.0 Å². The summed E-state index contributed by atoms with van der Waals surface area (Å²) >= 11 is 0. The van der Waals surface area contributed by atoms with Crippen molar-refractivity contribution in [2.75, 3.05) is 7.11 Å². The maximum atomic E-state index is 11.8. The summed E-state index contributed by atoms with van der Waals surface area (Å²) < 4.78 is 0. The van der Waals surface area contributed by atoms with Crippen molar-refractivity contribution in [3.63, 3.8) is 0 Å². The third-order valence-corrected chi connectivity index (χ3v) is 3.95. The molecule has 92 valence electrons. The number of Topliss-reactive ketones (excluding diaryl/α,β-unsaturated/α-hetero) is 1. The maximum absolute atomic E-state index is 11.8. The monoisotopic (exact) mass is 225 g/mol. The molecular weight excluding hydrogens is 202 g/mol. The van der Waals surface area contributed by atoms with Gasteiger partial charge in [-0.3, -0.25) is 4.79 Å². The first kappa shape index (κ1) is 13.2. The molecule has 3 heteroatoms. The quantitative estimate of drug-likeness (QED) is 0.533. The van der Waals surface area contributed by atoms with Crippen LogP contribution < -0.4 is 0 Å². The van der Waals surface area contributed by atoms with Gasteiger partial charge in [0.1, 0.15) is 12.9 Å². The Hall–Kier alpha value is -0.860. The molecule has 0 bridgehead atoms. The van der Waals surface area contributed by atoms with Gasteiger partial charge in [0.15, 0.2) is 0 Å². The van der Waals surface area contributed by atoms with Crippen LogP contribution in [0.15, 0.2) is 5.16 Å². The summed E-state index contributed by atoms with van der Waals surface area (Å²) in [7, 11) is 1.55. The topological polar surface area (TPSA) is 38.7 Å². The van der Waals surface area contributed by atoms with E-state index < -0.39 is 0 Å². The minimum absolute atomic E-state index is 0.256. The Kier molecular flexibility index (Phi) is 4.97. The second kappa shape index (κ2) is 6.02. The molecule has 0 aromatic rings. The fourth-order valence-electron chi connectivity index (χ4n) is 2.70. The van der Waals surface area contributed by atoms with Crippen LogP contribution in [-0.4, -0.2) is 19.1 Å². The average Bonchev–Trinajstić information content (AvgIpc) is 2.58. The van der Waals surface area contributed by atoms with E-state index in [0.717, 1.165) is 19.3 Å². The van der Waals surface area contributed by atoms with Crippen molar-refractivity contribution in [3.05, 3.63) is 0 Å². The summed E-state index contributed by atoms with van der Waals surface area (Å²) in [6.45, 7) is 6.57. The highest BCUT2D eigenvalue weighted by Gasteiger charge is 2.37. The summed E-state index contributed by atoms with van der Waals surface area (Å²) in [5.74, 6) is 2.17. The highest BCUT2D eigenvalue weighted by Crippen LogP contribution is 2.37. The van der Waals surface area contributed by atoms with Crippen LogP contribution in [0.5, 0.6) is 0 Å². The molecule has 3 nitrogen and oxygen atoms in total. The lowest BCUT2D eigenvalue weighted by atomic mass is 9.77. The Balaban J connectivity index is 2.52. The Morgan fingerprint density at radius 3 is 2.75 bits per heavy atom. The number of carbonyl (C=O) groups excluding carboxylic acids is 1. The summed E-state index contributed by atoms with van der Waals surface area (Å²) in [5, 5.41) is 3.75. The predicted octanol–water partition coefficient (Wildman–Crippen LogP) is 2.90. The molecule has 0 spiro atoms. The summed E-state index contributed by atoms with van der Waals surface area (Å²) in [6, 6.07) is 0. The van der Waals surface area contributed by atoms with E-state index in [1.54, 1.807) is 13.3 Å². The van der Waals surface area contributed by atoms with Crippen LogP contribution in [0, 0.1) is 23.7 Å². The van der Waals surface area contributed by atoms with Gasteiger partial charge in [-0.2, -0.15) is 0 Å². The number of nitrogens with zero attached hydrogens (tertiary/aromatic N) is 1. The van der Waals surface area contributed by atoms with Gasteiger partial charge in [-0.1, -0.05) is 25.9 Å². The molecule has 1 rings (SSSR count). The van der Waals surface area contributed by atoms with E-state index in [9.17, 15) is 4.79 Å². The lowest BCUT2D eigenvalue weighted by Gasteiger charge is -2.26. The molecule has 0 aliphatic heterocycles. The van der Waals surface area contributed by atoms with Crippen LogP contribution in [0.2, 0.25) is 0 Å². The molecule has 0 N–H and O–H groups in total. The molecule has 1 aliphatic rings. The van der Waals surface area contributed by atoms with E-state index >= 15 is 0 Å². The summed E-state index contributed by atoms with van der Waals surface area (Å²) in [6.07, 6.45) is 4.51. The molecule has 0 heterocycles. The van der Waals surface area contributed by atoms with E-state index in [1.807, 2.05) is 0 Å². The molecule has 0 aromatic heterocycles. The first-order valence-corrected chi connectivity index (χ1v) is 6.15. The molecule has 0 radical (unpaired) electrons. The zero-order chi connectivity index (χ0) is 12.1. The molecule has 2 unspecified atom stereocenters. The third kappa shape index (κ3) is 3.06. The van der Waals surface area contributed by atoms with Gasteiger partial charge in [-0.15, -0.1) is 0 Å². The van der Waals surface area contributed by atoms with Crippen molar-refractivity contribution in [1.82, 2.24) is 0 Å². The molecular formula is C13H23NO2. The van der Waals surface area contributed by atoms with Gasteiger partial charge in [-0.05, 0) is 30.6 Å². The highest BCUT2D eigenvalue weighted by molar-refractivity contribution is 5.83. The molecule has 1 aliphatic carbocycles. The normalized spacial score (nSPS) is 29.6. The number of carbonyl (C=O) groups is 1. The average molecular weight is 225 g/mol. The van der Waals surface area contributed by atoms with Gasteiger partial charge in [0.25, 0.3) is 0 Å². The number of hydrogen-bond acceptors (Lipinski definition) is 3. The van der Waals surface area contributed by atoms with Gasteiger partial charge in [-0.25, -0.2) is 0 Å². The minimum atomic E-state index is 0.256. The second-order valence-corrected chi connectivity index (χ2v) is 5.05. The molecule has 1 fully saturated rings. The molecule has 0 saturated heterocycles. The van der Waals surface area contributed by atoms with E-state index in [4.69, 9.17) is 0 Å². The first-order valence-electron chi connectivity index (χ1n) is 6.15. The van der Waals surface area contributed by atoms with Crippen LogP contribution in [0.1, 0.15) is 40.0 Å². The lowest BCUT2D eigenvalue weighted by molar-refractivity contribution is -0.123. The Morgan fingerprint density at radius 1 is 1.56 bits per heavy atom. The fraction of sp³-hybridized carbons (Fsp3) is 0.846. The van der Waals surface area contributed by atoms with Crippen molar-refractivity contribution >= 4 is 12.0 Å². The van der Waals surface area contributed by atoms with Gasteiger partial charge in [0, 0.05) is 18.6 Å². The zero-order valence-electron chi connectivity index (χ0n) is 10.8. The molecule has 1 saturated carbocycles. The van der Waals surface area contributed by atoms with Crippen molar-refractivity contribution in [2.24, 2.45) is 28.8 Å². The third-order valence-electron chi connectivity index (χ3n) is 3.95. The predicted molar refractivity (Wildman–Crippen MR) is 65.3 cm³/mol. The van der Waals surface area contributed by atoms with Crippen molar-refractivity contribution < 1.29 is 9.63 Å². The highest BCUT2D eigenvalue weighted by atomic mass is 16.6. The molecule has 0 aromatic carbocycles. The number of ketones is 1. The molecule has 16 heavy (non-hydrogen) atoms. The van der Waals surface area contributed by atoms with Gasteiger partial charge in [0.05, 0.1) is 0 Å². The minimum Gasteiger partial charge on any atom is -0.399 e. The van der Waals surface area contributed by atoms with Gasteiger partial charge >= 0.3 is 0 Å². The lowest BCUT2D eigenvalue weighted by Crippen LogP contribution is -2.26. The van der Waals surface area contributed by atoms with Crippen LogP contribution in [0.3, 0.4) is 0 Å². The number of hydrogen-bond donors (Lipinski definition) is 0. The first-order chi connectivity index (χ1) is 7.57. The second-order valence-electron chi connectivity index (χ2n) is 5.05. The largest absolute Gasteiger partial charge is 0.399 e. The standard InChI is InChI=1S/C13H23NO2/c1-9(7-8-14-16-4)11(3)13-10(2)5-6-12(13)15/h8-11,13H,5-7H2,1-4H3/b14-8-/t9-,10?,11?,13+/m1/s1. The van der Waals surface area contributed by atoms with Gasteiger partial charge in [0.2, 0.25) is 0 Å². The van der Waals surface area contributed by atoms with Crippen molar-refractivity contribution in [1.29, 1.82) is 0 Å². The van der Waals surface area contributed by atoms with Crippen LogP contribution >= 0.6 is 0 Å². The summed E-state index contributed by atoms with van der Waals surface area (Å²) in [4.78, 5) is 16.4. The Bertz CT molecular complexity index is 263. The van der Waals surface area contributed by atoms with Crippen LogP contribution in [0.25, 0.3) is 0 Å². The van der Waals surface area contributed by atoms with E-state index in [1.165, 1.54) is 0 Å². The Morgan fingerprint density at radius 2 is 2.25 bits per heavy atom. The summed E-state index contributed by atoms with van der Waals surface area (Å²) in [5.41, 5.74) is 0. The maximum Gasteiger partial charge on any atom is 0.136 e. The number of oxime groups is 1. The fourth-order valence-corrected chi connectivity index (χ4v) is 2.70.